The molecule has 2 atom stereocenters. The number of nitrogens with one attached hydrogen (secondary N) is 1. The molecule has 4 aliphatic carbocycles. The summed E-state index contributed by atoms with van der Waals surface area (Å²) in [5, 5.41) is 17.6. The molecule has 6 rings (SSSR count). The molecule has 31 heavy (non-hydrogen) atoms. The number of halogens is 1. The van der Waals surface area contributed by atoms with E-state index in [1.165, 1.54) is 17.8 Å². The summed E-state index contributed by atoms with van der Waals surface area (Å²) in [6.45, 7) is 1.50. The third-order valence-corrected chi connectivity index (χ3v) is 7.79. The highest BCUT2D eigenvalue weighted by molar-refractivity contribution is 6.33. The lowest BCUT2D eigenvalue weighted by atomic mass is 9.47. The number of carboxylic acid groups (broad SMARTS) is 1. The van der Waals surface area contributed by atoms with Gasteiger partial charge in [0.2, 0.25) is 0 Å². The Labute approximate surface area is 184 Å². The Kier molecular flexibility index (Phi) is 4.52. The molecule has 1 aromatic carbocycles. The van der Waals surface area contributed by atoms with E-state index in [1.54, 1.807) is 24.3 Å². The monoisotopic (exact) mass is 441 g/mol. The summed E-state index contributed by atoms with van der Waals surface area (Å²) in [7, 11) is 0. The van der Waals surface area contributed by atoms with Crippen molar-refractivity contribution < 1.29 is 14.7 Å². The van der Waals surface area contributed by atoms with Crippen molar-refractivity contribution in [1.82, 2.24) is 9.78 Å². The zero-order valence-electron chi connectivity index (χ0n) is 17.2. The zero-order chi connectivity index (χ0) is 22.0. The minimum atomic E-state index is -0.757. The van der Waals surface area contributed by atoms with Crippen molar-refractivity contribution >= 4 is 34.7 Å². The number of aliphatic carboxylic acids is 1. The Morgan fingerprint density at radius 3 is 2.39 bits per heavy atom. The van der Waals surface area contributed by atoms with Crippen molar-refractivity contribution in [1.29, 1.82) is 0 Å². The molecule has 4 saturated carbocycles. The van der Waals surface area contributed by atoms with Gasteiger partial charge in [0.05, 0.1) is 22.8 Å². The Morgan fingerprint density at radius 1 is 1.16 bits per heavy atom. The summed E-state index contributed by atoms with van der Waals surface area (Å²) in [5.74, 6) is -0.161. The molecule has 4 aliphatic rings. The number of ketones is 1. The zero-order valence-corrected chi connectivity index (χ0v) is 18.0. The number of carbonyl (C=O) groups is 2. The van der Waals surface area contributed by atoms with Gasteiger partial charge in [-0.15, -0.1) is 0 Å². The molecular formula is C23H24ClN3O4. The number of benzene rings is 1. The maximum atomic E-state index is 13.2. The number of carbonyl (C=O) groups excluding carboxylic acids is 1. The molecule has 0 aliphatic heterocycles. The molecule has 1 heterocycles. The molecule has 7 nitrogen and oxygen atoms in total. The fourth-order valence-corrected chi connectivity index (χ4v) is 6.69. The fourth-order valence-electron chi connectivity index (χ4n) is 6.51. The van der Waals surface area contributed by atoms with Crippen molar-refractivity contribution in [2.24, 2.45) is 17.3 Å². The second kappa shape index (κ2) is 6.92. The normalized spacial score (nSPS) is 30.9. The van der Waals surface area contributed by atoms with Crippen molar-refractivity contribution in [3.05, 3.63) is 51.4 Å². The first-order valence-electron chi connectivity index (χ1n) is 10.6. The van der Waals surface area contributed by atoms with Crippen LogP contribution in [0.25, 0.3) is 0 Å². The van der Waals surface area contributed by atoms with Crippen LogP contribution >= 0.6 is 11.6 Å². The molecule has 162 valence electrons. The highest BCUT2D eigenvalue weighted by atomic mass is 35.5. The Bertz CT molecular complexity index is 1130. The predicted molar refractivity (Wildman–Crippen MR) is 116 cm³/mol. The molecule has 2 N–H and O–H groups in total. The van der Waals surface area contributed by atoms with Crippen LogP contribution in [-0.4, -0.2) is 26.6 Å². The fraction of sp³-hybridized carbons (Fsp3) is 0.478. The highest BCUT2D eigenvalue weighted by Crippen LogP contribution is 2.63. The Balaban J connectivity index is 1.48. The van der Waals surface area contributed by atoms with Crippen molar-refractivity contribution in [3.63, 3.8) is 0 Å². The molecule has 2 unspecified atom stereocenters. The van der Waals surface area contributed by atoms with Gasteiger partial charge in [-0.3, -0.25) is 14.4 Å². The first kappa shape index (κ1) is 20.2. The maximum absolute atomic E-state index is 13.2. The van der Waals surface area contributed by atoms with Crippen LogP contribution in [0, 0.1) is 17.3 Å². The summed E-state index contributed by atoms with van der Waals surface area (Å²) in [5.41, 5.74) is -0.0618. The quantitative estimate of drug-likeness (QED) is 0.673. The van der Waals surface area contributed by atoms with Gasteiger partial charge in [0.1, 0.15) is 5.02 Å². The Hall–Kier alpha value is -2.67. The summed E-state index contributed by atoms with van der Waals surface area (Å²) in [6, 6.07) is 6.89. The van der Waals surface area contributed by atoms with E-state index < -0.39 is 22.5 Å². The van der Waals surface area contributed by atoms with E-state index in [0.29, 0.717) is 48.0 Å². The lowest BCUT2D eigenvalue weighted by molar-refractivity contribution is -0.173. The number of Topliss-reactive ketones (excluding diaryl/α,β-unsaturated/α-hetero) is 1. The molecule has 0 spiro atoms. The highest BCUT2D eigenvalue weighted by Gasteiger charge is 2.62. The van der Waals surface area contributed by atoms with Gasteiger partial charge >= 0.3 is 5.97 Å². The van der Waals surface area contributed by atoms with Gasteiger partial charge in [0.25, 0.3) is 5.56 Å². The third-order valence-electron chi connectivity index (χ3n) is 7.42. The standard InChI is InChI=1S/C23H24ClN3O4/c1-13(28)16-2-4-17(5-3-16)26-18-11-25-27(20(29)19(18)24)23-9-14-6-15(10-23)8-22(7-14,12-23)21(30)31/h2-5,11,14-15,26H,6-10,12H2,1H3,(H,30,31). The second-order valence-electron chi connectivity index (χ2n) is 9.62. The van der Waals surface area contributed by atoms with Crippen molar-refractivity contribution in [2.45, 2.75) is 51.0 Å². The van der Waals surface area contributed by atoms with Crippen molar-refractivity contribution in [3.8, 4) is 0 Å². The molecular weight excluding hydrogens is 418 g/mol. The lowest BCUT2D eigenvalue weighted by Crippen LogP contribution is -2.61. The van der Waals surface area contributed by atoms with Crippen LogP contribution in [0.3, 0.4) is 0 Å². The summed E-state index contributed by atoms with van der Waals surface area (Å²) in [6.07, 6.45) is 5.95. The minimum Gasteiger partial charge on any atom is -0.481 e. The van der Waals surface area contributed by atoms with Crippen LogP contribution < -0.4 is 10.9 Å². The molecule has 4 bridgehead atoms. The number of nitrogens with zero attached hydrogens (tertiary/aromatic N) is 2. The van der Waals surface area contributed by atoms with Crippen LogP contribution in [0.4, 0.5) is 11.4 Å². The minimum absolute atomic E-state index is 0.0245. The average Bonchev–Trinajstić information content (AvgIpc) is 2.70. The summed E-state index contributed by atoms with van der Waals surface area (Å²) < 4.78 is 1.47. The van der Waals surface area contributed by atoms with Crippen LogP contribution in [0.5, 0.6) is 0 Å². The smallest absolute Gasteiger partial charge is 0.309 e. The van der Waals surface area contributed by atoms with Gasteiger partial charge in [-0.1, -0.05) is 11.6 Å². The van der Waals surface area contributed by atoms with Gasteiger partial charge in [-0.2, -0.15) is 5.10 Å². The molecule has 0 radical (unpaired) electrons. The van der Waals surface area contributed by atoms with Crippen molar-refractivity contribution in [2.75, 3.05) is 5.32 Å². The van der Waals surface area contributed by atoms with Crippen LogP contribution in [0.15, 0.2) is 35.3 Å². The molecule has 0 amide bonds. The largest absolute Gasteiger partial charge is 0.481 e. The number of aromatic nitrogens is 2. The summed E-state index contributed by atoms with van der Waals surface area (Å²) >= 11 is 6.46. The number of carboxylic acids is 1. The molecule has 4 fully saturated rings. The first-order valence-corrected chi connectivity index (χ1v) is 11.0. The third kappa shape index (κ3) is 3.17. The molecule has 0 saturated heterocycles. The van der Waals surface area contributed by atoms with Crippen LogP contribution in [0.1, 0.15) is 55.8 Å². The van der Waals surface area contributed by atoms with Gasteiger partial charge in [-0.05, 0) is 81.5 Å². The number of hydrogen-bond donors (Lipinski definition) is 2. The number of anilines is 2. The molecule has 8 heteroatoms. The van der Waals surface area contributed by atoms with E-state index in [2.05, 4.69) is 10.4 Å². The van der Waals surface area contributed by atoms with E-state index in [4.69, 9.17) is 11.6 Å². The predicted octanol–water partition coefficient (Wildman–Crippen LogP) is 4.22. The second-order valence-corrected chi connectivity index (χ2v) is 10.00. The Morgan fingerprint density at radius 2 is 1.81 bits per heavy atom. The number of hydrogen-bond acceptors (Lipinski definition) is 5. The van der Waals surface area contributed by atoms with E-state index in [-0.39, 0.29) is 10.8 Å². The van der Waals surface area contributed by atoms with E-state index >= 15 is 0 Å². The van der Waals surface area contributed by atoms with Crippen LogP contribution in [-0.2, 0) is 10.3 Å². The number of rotatable bonds is 5. The first-order chi connectivity index (χ1) is 14.7. The van der Waals surface area contributed by atoms with E-state index in [0.717, 1.165) is 19.3 Å². The average molecular weight is 442 g/mol. The maximum Gasteiger partial charge on any atom is 0.309 e. The van der Waals surface area contributed by atoms with Gasteiger partial charge < -0.3 is 10.4 Å². The van der Waals surface area contributed by atoms with E-state index in [1.807, 2.05) is 0 Å². The molecule has 2 aromatic rings. The van der Waals surface area contributed by atoms with Gasteiger partial charge in [0, 0.05) is 11.3 Å². The van der Waals surface area contributed by atoms with E-state index in [9.17, 15) is 19.5 Å². The SMILES string of the molecule is CC(=O)c1ccc(Nc2cnn(C34CC5CC(CC(C(=O)O)(C5)C3)C4)c(=O)c2Cl)cc1. The van der Waals surface area contributed by atoms with Gasteiger partial charge in [0.15, 0.2) is 5.78 Å². The molecule has 1 aromatic heterocycles. The van der Waals surface area contributed by atoms with Gasteiger partial charge in [-0.25, -0.2) is 4.68 Å². The van der Waals surface area contributed by atoms with Crippen LogP contribution in [0.2, 0.25) is 5.02 Å². The lowest BCUT2D eigenvalue weighted by Gasteiger charge is -2.60. The summed E-state index contributed by atoms with van der Waals surface area (Å²) in [4.78, 5) is 36.8. The topological polar surface area (TPSA) is 101 Å².